The number of benzene rings is 1. The third kappa shape index (κ3) is 3.57. The van der Waals surface area contributed by atoms with Gasteiger partial charge in [-0.25, -0.2) is 8.78 Å². The van der Waals surface area contributed by atoms with E-state index in [0.717, 1.165) is 6.07 Å². The lowest BCUT2D eigenvalue weighted by molar-refractivity contribution is 0.0809. The molecule has 132 valence electrons. The molecule has 2 aromatic rings. The van der Waals surface area contributed by atoms with Crippen molar-refractivity contribution < 1.29 is 22.7 Å². The Balaban J connectivity index is 1.93. The number of furan rings is 1. The second-order valence-electron chi connectivity index (χ2n) is 5.54. The van der Waals surface area contributed by atoms with Crippen molar-refractivity contribution in [3.05, 3.63) is 52.1 Å². The number of alkyl halides is 1. The van der Waals surface area contributed by atoms with Crippen LogP contribution < -0.4 is 11.1 Å². The number of ether oxygens (including phenoxy) is 1. The number of nitrogens with zero attached hydrogens (tertiary/aromatic N) is 1. The first kappa shape index (κ1) is 17.6. The van der Waals surface area contributed by atoms with E-state index in [0.29, 0.717) is 4.47 Å². The standard InChI is InChI=1S/C16H14BrF2N3O3/c17-9-3-13(25-5-9)15(23)21-10-1-2-12(19)11(4-10)16(7-18)8-24-6-14(20)22-16/h1-5H,6-8H2,(H2,20,22)(H,21,23)/t16-/m0/s1. The zero-order chi connectivity index (χ0) is 18.0. The zero-order valence-corrected chi connectivity index (χ0v) is 14.5. The fraction of sp³-hybridized carbons (Fsp3) is 0.250. The molecule has 0 unspecified atom stereocenters. The molecule has 0 fully saturated rings. The minimum absolute atomic E-state index is 0.0453. The monoisotopic (exact) mass is 413 g/mol. The molecule has 6 nitrogen and oxygen atoms in total. The third-order valence-corrected chi connectivity index (χ3v) is 4.10. The van der Waals surface area contributed by atoms with Gasteiger partial charge in [0.2, 0.25) is 0 Å². The summed E-state index contributed by atoms with van der Waals surface area (Å²) in [6.45, 7) is -1.08. The summed E-state index contributed by atoms with van der Waals surface area (Å²) in [5, 5.41) is 2.57. The van der Waals surface area contributed by atoms with Crippen LogP contribution in [0.1, 0.15) is 16.1 Å². The number of halogens is 3. The molecule has 9 heteroatoms. The number of aliphatic imine (C=N–C) groups is 1. The summed E-state index contributed by atoms with van der Waals surface area (Å²) in [4.78, 5) is 16.2. The topological polar surface area (TPSA) is 89.8 Å². The van der Waals surface area contributed by atoms with Crippen molar-refractivity contribution in [1.29, 1.82) is 0 Å². The first-order valence-corrected chi connectivity index (χ1v) is 8.06. The van der Waals surface area contributed by atoms with E-state index in [9.17, 15) is 13.6 Å². The van der Waals surface area contributed by atoms with Gasteiger partial charge in [-0.2, -0.15) is 0 Å². The number of carbonyl (C=O) groups excluding carboxylic acids is 1. The van der Waals surface area contributed by atoms with Gasteiger partial charge in [0.05, 0.1) is 11.1 Å². The molecule has 1 aromatic heterocycles. The van der Waals surface area contributed by atoms with Crippen molar-refractivity contribution in [3.8, 4) is 0 Å². The van der Waals surface area contributed by atoms with Crippen LogP contribution in [0.4, 0.5) is 14.5 Å². The number of nitrogens with two attached hydrogens (primary N) is 1. The third-order valence-electron chi connectivity index (χ3n) is 3.69. The highest BCUT2D eigenvalue weighted by atomic mass is 79.9. The van der Waals surface area contributed by atoms with Crippen LogP contribution in [0.15, 0.2) is 44.4 Å². The predicted octanol–water partition coefficient (Wildman–Crippen LogP) is 2.99. The first-order chi connectivity index (χ1) is 11.9. The lowest BCUT2D eigenvalue weighted by atomic mass is 9.91. The first-order valence-electron chi connectivity index (χ1n) is 7.27. The second-order valence-corrected chi connectivity index (χ2v) is 6.45. The number of nitrogens with one attached hydrogen (secondary N) is 1. The lowest BCUT2D eigenvalue weighted by Crippen LogP contribution is -2.42. The van der Waals surface area contributed by atoms with Crippen LogP contribution in [-0.2, 0) is 10.3 Å². The maximum Gasteiger partial charge on any atom is 0.291 e. The van der Waals surface area contributed by atoms with Gasteiger partial charge in [0.25, 0.3) is 5.91 Å². The average Bonchev–Trinajstić information content (AvgIpc) is 3.03. The van der Waals surface area contributed by atoms with Crippen LogP contribution in [0, 0.1) is 5.82 Å². The molecular formula is C16H14BrF2N3O3. The molecule has 0 saturated carbocycles. The summed E-state index contributed by atoms with van der Waals surface area (Å²) in [5.74, 6) is -1.04. The summed E-state index contributed by atoms with van der Waals surface area (Å²) < 4.78 is 38.9. The fourth-order valence-corrected chi connectivity index (χ4v) is 2.83. The number of anilines is 1. The van der Waals surface area contributed by atoms with Gasteiger partial charge in [0, 0.05) is 17.3 Å². The molecule has 1 aromatic carbocycles. The Morgan fingerprint density at radius 2 is 2.24 bits per heavy atom. The van der Waals surface area contributed by atoms with Crippen LogP contribution in [0.2, 0.25) is 0 Å². The number of carbonyl (C=O) groups is 1. The van der Waals surface area contributed by atoms with E-state index in [-0.39, 0.29) is 36.1 Å². The predicted molar refractivity (Wildman–Crippen MR) is 90.9 cm³/mol. The number of hydrogen-bond acceptors (Lipinski definition) is 5. The van der Waals surface area contributed by atoms with Crippen molar-refractivity contribution >= 4 is 33.4 Å². The van der Waals surface area contributed by atoms with Crippen molar-refractivity contribution in [2.75, 3.05) is 25.2 Å². The average molecular weight is 414 g/mol. The molecule has 25 heavy (non-hydrogen) atoms. The zero-order valence-electron chi connectivity index (χ0n) is 12.9. The Kier molecular flexibility index (Phi) is 4.87. The smallest absolute Gasteiger partial charge is 0.291 e. The van der Waals surface area contributed by atoms with Crippen LogP contribution in [0.25, 0.3) is 0 Å². The summed E-state index contributed by atoms with van der Waals surface area (Å²) in [7, 11) is 0. The lowest BCUT2D eigenvalue weighted by Gasteiger charge is -2.31. The SMILES string of the molecule is NC1=N[C@](CF)(c2cc(NC(=O)c3cc(Br)co3)ccc2F)COC1. The molecule has 0 bridgehead atoms. The van der Waals surface area contributed by atoms with Crippen molar-refractivity contribution in [3.63, 3.8) is 0 Å². The summed E-state index contributed by atoms with van der Waals surface area (Å²) in [6.07, 6.45) is 1.36. The Morgan fingerprint density at radius 3 is 2.88 bits per heavy atom. The summed E-state index contributed by atoms with van der Waals surface area (Å²) in [6, 6.07) is 5.29. The van der Waals surface area contributed by atoms with Gasteiger partial charge < -0.3 is 20.2 Å². The van der Waals surface area contributed by atoms with Gasteiger partial charge in [0.1, 0.15) is 36.7 Å². The minimum Gasteiger partial charge on any atom is -0.458 e. The molecule has 0 radical (unpaired) electrons. The Labute approximate surface area is 150 Å². The van der Waals surface area contributed by atoms with E-state index in [4.69, 9.17) is 14.9 Å². The van der Waals surface area contributed by atoms with E-state index < -0.39 is 23.9 Å². The molecule has 3 rings (SSSR count). The molecule has 1 atom stereocenters. The molecule has 1 amide bonds. The summed E-state index contributed by atoms with van der Waals surface area (Å²) >= 11 is 3.18. The van der Waals surface area contributed by atoms with E-state index in [1.165, 1.54) is 24.5 Å². The molecule has 0 saturated heterocycles. The van der Waals surface area contributed by atoms with E-state index in [2.05, 4.69) is 26.2 Å². The van der Waals surface area contributed by atoms with Crippen molar-refractivity contribution in [1.82, 2.24) is 0 Å². The molecule has 0 spiro atoms. The van der Waals surface area contributed by atoms with Gasteiger partial charge in [0.15, 0.2) is 5.76 Å². The Morgan fingerprint density at radius 1 is 1.44 bits per heavy atom. The van der Waals surface area contributed by atoms with Gasteiger partial charge in [-0.05, 0) is 34.1 Å². The van der Waals surface area contributed by atoms with Gasteiger partial charge in [-0.15, -0.1) is 0 Å². The summed E-state index contributed by atoms with van der Waals surface area (Å²) in [5.41, 5.74) is 4.27. The number of amidine groups is 1. The normalized spacial score (nSPS) is 20.2. The highest BCUT2D eigenvalue weighted by Crippen LogP contribution is 2.33. The minimum atomic E-state index is -1.57. The van der Waals surface area contributed by atoms with Crippen LogP contribution in [-0.4, -0.2) is 31.6 Å². The Hall–Kier alpha value is -2.26. The van der Waals surface area contributed by atoms with Crippen LogP contribution >= 0.6 is 15.9 Å². The molecule has 0 aliphatic carbocycles. The molecule has 3 N–H and O–H groups in total. The largest absolute Gasteiger partial charge is 0.458 e. The highest BCUT2D eigenvalue weighted by molar-refractivity contribution is 9.10. The highest BCUT2D eigenvalue weighted by Gasteiger charge is 2.38. The van der Waals surface area contributed by atoms with Gasteiger partial charge in [-0.3, -0.25) is 9.79 Å². The molecule has 2 heterocycles. The molecule has 1 aliphatic rings. The van der Waals surface area contributed by atoms with Gasteiger partial charge >= 0.3 is 0 Å². The maximum absolute atomic E-state index is 14.3. The van der Waals surface area contributed by atoms with Gasteiger partial charge in [-0.1, -0.05) is 0 Å². The number of hydrogen-bond donors (Lipinski definition) is 2. The van der Waals surface area contributed by atoms with E-state index in [1.807, 2.05) is 0 Å². The maximum atomic E-state index is 14.3. The molecular weight excluding hydrogens is 400 g/mol. The van der Waals surface area contributed by atoms with Crippen molar-refractivity contribution in [2.24, 2.45) is 10.7 Å². The Bertz CT molecular complexity index is 840. The van der Waals surface area contributed by atoms with Crippen molar-refractivity contribution in [2.45, 2.75) is 5.54 Å². The van der Waals surface area contributed by atoms with E-state index in [1.54, 1.807) is 0 Å². The van der Waals surface area contributed by atoms with E-state index >= 15 is 0 Å². The van der Waals surface area contributed by atoms with Crippen LogP contribution in [0.3, 0.4) is 0 Å². The van der Waals surface area contributed by atoms with Crippen LogP contribution in [0.5, 0.6) is 0 Å². The number of rotatable bonds is 4. The molecule has 1 aliphatic heterocycles. The second kappa shape index (κ2) is 6.93. The quantitative estimate of drug-likeness (QED) is 0.805. The fourth-order valence-electron chi connectivity index (χ4n) is 2.53. The number of amides is 1.